The van der Waals surface area contributed by atoms with Crippen molar-refractivity contribution < 1.29 is 0 Å². The fraction of sp³-hybridized carbons (Fsp3) is 0.906. The largest absolute Gasteiger partial charge is 0.332 e. The standard InChI is InChI=1S/C32H62N2/c1-5-8-10-12-13-14-15-16-17-18-19-20-21-22-23-26-30(4)34-29-28-33-32(34)31(25-7-3)27-24-11-9-6-2/h28-31H,5-27H2,1-4H3. The molecule has 1 aromatic heterocycles. The number of aromatic nitrogens is 2. The number of unbranched alkanes of at least 4 members (excludes halogenated alkanes) is 17. The summed E-state index contributed by atoms with van der Waals surface area (Å²) in [5.41, 5.74) is 0. The van der Waals surface area contributed by atoms with Gasteiger partial charge in [0, 0.05) is 24.4 Å². The number of imidazole rings is 1. The topological polar surface area (TPSA) is 17.8 Å². The Morgan fingerprint density at radius 1 is 0.559 bits per heavy atom. The molecule has 0 amide bonds. The lowest BCUT2D eigenvalue weighted by Gasteiger charge is -2.22. The average Bonchev–Trinajstić information content (AvgIpc) is 3.33. The Morgan fingerprint density at radius 2 is 1.00 bits per heavy atom. The van der Waals surface area contributed by atoms with Crippen molar-refractivity contribution in [2.45, 2.75) is 187 Å². The second kappa shape index (κ2) is 22.7. The summed E-state index contributed by atoms with van der Waals surface area (Å²) in [5, 5.41) is 0. The Labute approximate surface area is 215 Å². The molecule has 34 heavy (non-hydrogen) atoms. The third kappa shape index (κ3) is 15.3. The SMILES string of the molecule is CCCCCCCCCCCCCCCCCC(C)n1ccnc1C(CCC)CCCCCC. The van der Waals surface area contributed by atoms with Crippen LogP contribution in [0.1, 0.15) is 193 Å². The number of nitrogens with zero attached hydrogens (tertiary/aromatic N) is 2. The van der Waals surface area contributed by atoms with E-state index in [-0.39, 0.29) is 0 Å². The monoisotopic (exact) mass is 474 g/mol. The van der Waals surface area contributed by atoms with Crippen molar-refractivity contribution in [3.8, 4) is 0 Å². The van der Waals surface area contributed by atoms with Crippen LogP contribution >= 0.6 is 0 Å². The smallest absolute Gasteiger partial charge is 0.111 e. The quantitative estimate of drug-likeness (QED) is 0.129. The van der Waals surface area contributed by atoms with E-state index in [4.69, 9.17) is 4.98 Å². The minimum Gasteiger partial charge on any atom is -0.332 e. The maximum absolute atomic E-state index is 4.84. The van der Waals surface area contributed by atoms with Crippen molar-refractivity contribution in [2.24, 2.45) is 0 Å². The molecule has 2 heteroatoms. The molecule has 0 N–H and O–H groups in total. The zero-order valence-electron chi connectivity index (χ0n) is 24.0. The Balaban J connectivity index is 2.11. The maximum atomic E-state index is 4.84. The van der Waals surface area contributed by atoms with E-state index in [2.05, 4.69) is 38.5 Å². The lowest BCUT2D eigenvalue weighted by molar-refractivity contribution is 0.420. The molecule has 1 rings (SSSR count). The van der Waals surface area contributed by atoms with Crippen molar-refractivity contribution in [3.05, 3.63) is 18.2 Å². The molecule has 0 bridgehead atoms. The van der Waals surface area contributed by atoms with Crippen molar-refractivity contribution >= 4 is 0 Å². The molecular weight excluding hydrogens is 412 g/mol. The molecule has 0 spiro atoms. The van der Waals surface area contributed by atoms with Gasteiger partial charge in [-0.05, 0) is 26.2 Å². The van der Waals surface area contributed by atoms with Gasteiger partial charge in [0.2, 0.25) is 0 Å². The van der Waals surface area contributed by atoms with Crippen molar-refractivity contribution in [1.29, 1.82) is 0 Å². The highest BCUT2D eigenvalue weighted by atomic mass is 15.1. The highest BCUT2D eigenvalue weighted by Crippen LogP contribution is 2.29. The molecular formula is C32H62N2. The second-order valence-electron chi connectivity index (χ2n) is 11.1. The van der Waals surface area contributed by atoms with E-state index in [1.807, 2.05) is 6.20 Å². The van der Waals surface area contributed by atoms with Gasteiger partial charge in [-0.3, -0.25) is 0 Å². The Morgan fingerprint density at radius 3 is 1.50 bits per heavy atom. The summed E-state index contributed by atoms with van der Waals surface area (Å²) in [6.07, 6.45) is 36.5. The van der Waals surface area contributed by atoms with Gasteiger partial charge in [0.15, 0.2) is 0 Å². The van der Waals surface area contributed by atoms with Crippen LogP contribution in [0.5, 0.6) is 0 Å². The summed E-state index contributed by atoms with van der Waals surface area (Å²) >= 11 is 0. The van der Waals surface area contributed by atoms with Gasteiger partial charge in [-0.15, -0.1) is 0 Å². The zero-order chi connectivity index (χ0) is 24.7. The summed E-state index contributed by atoms with van der Waals surface area (Å²) in [6, 6.07) is 0.592. The molecule has 0 aliphatic carbocycles. The summed E-state index contributed by atoms with van der Waals surface area (Å²) < 4.78 is 2.52. The highest BCUT2D eigenvalue weighted by Gasteiger charge is 2.18. The number of hydrogen-bond donors (Lipinski definition) is 0. The van der Waals surface area contributed by atoms with Crippen LogP contribution in [-0.4, -0.2) is 9.55 Å². The molecule has 2 nitrogen and oxygen atoms in total. The summed E-state index contributed by atoms with van der Waals surface area (Å²) in [6.45, 7) is 9.34. The third-order valence-corrected chi connectivity index (χ3v) is 7.81. The van der Waals surface area contributed by atoms with Gasteiger partial charge in [0.25, 0.3) is 0 Å². The molecule has 0 aromatic carbocycles. The Hall–Kier alpha value is -0.790. The van der Waals surface area contributed by atoms with E-state index < -0.39 is 0 Å². The van der Waals surface area contributed by atoms with Gasteiger partial charge in [-0.25, -0.2) is 4.98 Å². The third-order valence-electron chi connectivity index (χ3n) is 7.81. The lowest BCUT2D eigenvalue weighted by atomic mass is 9.95. The van der Waals surface area contributed by atoms with Gasteiger partial charge >= 0.3 is 0 Å². The van der Waals surface area contributed by atoms with Gasteiger partial charge in [-0.1, -0.05) is 149 Å². The zero-order valence-corrected chi connectivity index (χ0v) is 24.0. The van der Waals surface area contributed by atoms with E-state index in [0.717, 1.165) is 0 Å². The molecule has 0 saturated carbocycles. The highest BCUT2D eigenvalue weighted by molar-refractivity contribution is 5.02. The molecule has 0 fully saturated rings. The van der Waals surface area contributed by atoms with Crippen molar-refractivity contribution in [1.82, 2.24) is 9.55 Å². The molecule has 0 aliphatic heterocycles. The number of hydrogen-bond acceptors (Lipinski definition) is 1. The summed E-state index contributed by atoms with van der Waals surface area (Å²) in [5.74, 6) is 2.02. The lowest BCUT2D eigenvalue weighted by Crippen LogP contribution is -2.13. The normalized spacial score (nSPS) is 13.4. The first-order valence-corrected chi connectivity index (χ1v) is 15.8. The predicted molar refractivity (Wildman–Crippen MR) is 153 cm³/mol. The summed E-state index contributed by atoms with van der Waals surface area (Å²) in [4.78, 5) is 4.84. The van der Waals surface area contributed by atoms with Crippen molar-refractivity contribution in [2.75, 3.05) is 0 Å². The molecule has 0 aliphatic rings. The van der Waals surface area contributed by atoms with Crippen LogP contribution in [0.2, 0.25) is 0 Å². The minimum atomic E-state index is 0.592. The summed E-state index contributed by atoms with van der Waals surface area (Å²) in [7, 11) is 0. The predicted octanol–water partition coefficient (Wildman–Crippen LogP) is 11.6. The fourth-order valence-corrected chi connectivity index (χ4v) is 5.53. The van der Waals surface area contributed by atoms with E-state index >= 15 is 0 Å². The van der Waals surface area contributed by atoms with E-state index in [1.54, 1.807) is 0 Å². The second-order valence-corrected chi connectivity index (χ2v) is 11.1. The van der Waals surface area contributed by atoms with E-state index in [9.17, 15) is 0 Å². The van der Waals surface area contributed by atoms with Crippen LogP contribution in [0.25, 0.3) is 0 Å². The van der Waals surface area contributed by atoms with E-state index in [0.29, 0.717) is 12.0 Å². The first-order chi connectivity index (χ1) is 16.7. The fourth-order valence-electron chi connectivity index (χ4n) is 5.53. The molecule has 0 saturated heterocycles. The molecule has 2 unspecified atom stereocenters. The first-order valence-electron chi connectivity index (χ1n) is 15.8. The van der Waals surface area contributed by atoms with Crippen LogP contribution in [0.15, 0.2) is 12.4 Å². The van der Waals surface area contributed by atoms with Crippen LogP contribution in [-0.2, 0) is 0 Å². The van der Waals surface area contributed by atoms with Crippen molar-refractivity contribution in [3.63, 3.8) is 0 Å². The Kier molecular flexibility index (Phi) is 20.8. The maximum Gasteiger partial charge on any atom is 0.111 e. The van der Waals surface area contributed by atoms with E-state index in [1.165, 1.54) is 154 Å². The average molecular weight is 475 g/mol. The Bertz CT molecular complexity index is 535. The number of rotatable bonds is 25. The molecule has 2 atom stereocenters. The van der Waals surface area contributed by atoms with Gasteiger partial charge in [0.05, 0.1) is 0 Å². The van der Waals surface area contributed by atoms with Crippen LogP contribution in [0.3, 0.4) is 0 Å². The minimum absolute atomic E-state index is 0.592. The van der Waals surface area contributed by atoms with Crippen LogP contribution in [0.4, 0.5) is 0 Å². The van der Waals surface area contributed by atoms with Gasteiger partial charge < -0.3 is 4.57 Å². The van der Waals surface area contributed by atoms with Gasteiger partial charge in [0.1, 0.15) is 5.82 Å². The molecule has 200 valence electrons. The molecule has 1 aromatic rings. The first kappa shape index (κ1) is 31.2. The van der Waals surface area contributed by atoms with Gasteiger partial charge in [-0.2, -0.15) is 0 Å². The molecule has 0 radical (unpaired) electrons. The van der Waals surface area contributed by atoms with Crippen LogP contribution in [0, 0.1) is 0 Å². The molecule has 1 heterocycles. The van der Waals surface area contributed by atoms with Crippen LogP contribution < -0.4 is 0 Å².